The molecule has 0 spiro atoms. The van der Waals surface area contributed by atoms with E-state index in [2.05, 4.69) is 47.8 Å². The fraction of sp³-hybridized carbons (Fsp3) is 0.154. The van der Waals surface area contributed by atoms with Crippen molar-refractivity contribution in [2.24, 2.45) is 0 Å². The van der Waals surface area contributed by atoms with Gasteiger partial charge in [-0.1, -0.05) is 15.9 Å². The van der Waals surface area contributed by atoms with Crippen molar-refractivity contribution in [3.63, 3.8) is 0 Å². The third kappa shape index (κ3) is 2.76. The van der Waals surface area contributed by atoms with E-state index >= 15 is 0 Å². The van der Waals surface area contributed by atoms with Gasteiger partial charge in [-0.2, -0.15) is 0 Å². The van der Waals surface area contributed by atoms with Gasteiger partial charge in [0, 0.05) is 31.5 Å². The summed E-state index contributed by atoms with van der Waals surface area (Å²) in [5, 5.41) is 0. The average molecular weight is 473 g/mol. The van der Waals surface area contributed by atoms with Gasteiger partial charge >= 0.3 is 0 Å². The summed E-state index contributed by atoms with van der Waals surface area (Å²) in [5.41, 5.74) is 0.256. The first kappa shape index (κ1) is 15.9. The summed E-state index contributed by atoms with van der Waals surface area (Å²) in [6.45, 7) is 0. The van der Waals surface area contributed by atoms with Crippen molar-refractivity contribution in [3.8, 4) is 5.75 Å². The number of ether oxygens (including phenoxy) is 1. The van der Waals surface area contributed by atoms with E-state index in [0.717, 1.165) is 10.5 Å². The minimum absolute atomic E-state index is 0.139. The largest absolute Gasteiger partial charge is 0.493 e. The summed E-state index contributed by atoms with van der Waals surface area (Å²) in [4.78, 5) is 12.5. The van der Waals surface area contributed by atoms with Gasteiger partial charge in [0.2, 0.25) is 0 Å². The fourth-order valence-electron chi connectivity index (χ4n) is 1.84. The number of benzene rings is 1. The third-order valence-electron chi connectivity index (χ3n) is 2.76. The van der Waals surface area contributed by atoms with E-state index in [4.69, 9.17) is 4.74 Å². The smallest absolute Gasteiger partial charge is 0.194 e. The van der Waals surface area contributed by atoms with Gasteiger partial charge in [0.05, 0.1) is 12.7 Å². The highest BCUT2D eigenvalue weighted by molar-refractivity contribution is 9.16. The molecule has 0 aromatic heterocycles. The molecule has 0 N–H and O–H groups in total. The Morgan fingerprint density at radius 3 is 2.35 bits per heavy atom. The Bertz CT molecular complexity index is 666. The van der Waals surface area contributed by atoms with Crippen LogP contribution >= 0.6 is 47.8 Å². The quantitative estimate of drug-likeness (QED) is 0.564. The molecule has 0 aliphatic heterocycles. The van der Waals surface area contributed by atoms with Crippen LogP contribution in [-0.4, -0.2) is 12.9 Å². The number of allylic oxidation sites excluding steroid dienone is 4. The number of Topliss-reactive ketones (excluding diaryl/α,β-unsaturated/α-hetero) is 1. The van der Waals surface area contributed by atoms with E-state index in [-0.39, 0.29) is 11.3 Å². The van der Waals surface area contributed by atoms with Crippen LogP contribution in [0.3, 0.4) is 0 Å². The van der Waals surface area contributed by atoms with Gasteiger partial charge in [0.1, 0.15) is 5.82 Å². The Balaban J connectivity index is 2.52. The normalized spacial score (nSPS) is 15.1. The lowest BCUT2D eigenvalue weighted by Gasteiger charge is -2.10. The Kier molecular flexibility index (Phi) is 4.81. The van der Waals surface area contributed by atoms with Crippen molar-refractivity contribution in [1.29, 1.82) is 0 Å². The molecule has 1 aliphatic carbocycles. The van der Waals surface area contributed by atoms with Crippen molar-refractivity contribution < 1.29 is 18.3 Å². The van der Waals surface area contributed by atoms with Crippen LogP contribution < -0.4 is 4.74 Å². The van der Waals surface area contributed by atoms with E-state index in [0.29, 0.717) is 27.0 Å². The zero-order chi connectivity index (χ0) is 15.0. The zero-order valence-corrected chi connectivity index (χ0v) is 14.8. The molecule has 106 valence electrons. The van der Waals surface area contributed by atoms with Gasteiger partial charge in [-0.15, -0.1) is 0 Å². The highest BCUT2D eigenvalue weighted by Gasteiger charge is 2.28. The molecule has 0 heterocycles. The highest BCUT2D eigenvalue weighted by Crippen LogP contribution is 2.44. The molecule has 1 aromatic carbocycles. The molecular weight excluding hydrogens is 466 g/mol. The first-order valence-electron chi connectivity index (χ1n) is 5.37. The fourth-order valence-corrected chi connectivity index (χ4v) is 3.52. The Morgan fingerprint density at radius 2 is 1.85 bits per heavy atom. The number of halogens is 5. The molecular formula is C13H7Br3F2O2. The number of hydrogen-bond acceptors (Lipinski definition) is 2. The summed E-state index contributed by atoms with van der Waals surface area (Å²) >= 11 is 9.92. The van der Waals surface area contributed by atoms with Crippen LogP contribution in [0.15, 0.2) is 31.2 Å². The van der Waals surface area contributed by atoms with E-state index in [9.17, 15) is 13.6 Å². The Labute approximate surface area is 139 Å². The average Bonchev–Trinajstić information content (AvgIpc) is 2.65. The van der Waals surface area contributed by atoms with Crippen LogP contribution in [0.25, 0.3) is 0 Å². The second-order valence-electron chi connectivity index (χ2n) is 3.99. The van der Waals surface area contributed by atoms with E-state index in [1.165, 1.54) is 7.11 Å². The SMILES string of the molecule is COc1c(F)cc(F)cc1C(=O)C1=C(Br)C(Br)=C(Br)C1. The molecule has 0 bridgehead atoms. The lowest BCUT2D eigenvalue weighted by molar-refractivity contribution is 0.102. The van der Waals surface area contributed by atoms with E-state index in [1.54, 1.807) is 0 Å². The molecule has 2 rings (SSSR count). The van der Waals surface area contributed by atoms with Gasteiger partial charge in [-0.05, 0) is 37.9 Å². The van der Waals surface area contributed by atoms with Crippen LogP contribution in [0, 0.1) is 11.6 Å². The predicted molar refractivity (Wildman–Crippen MR) is 82.7 cm³/mol. The third-order valence-corrected chi connectivity index (χ3v) is 6.25. The minimum atomic E-state index is -0.906. The number of hydrogen-bond donors (Lipinski definition) is 0. The molecule has 1 aliphatic rings. The van der Waals surface area contributed by atoms with Gasteiger partial charge in [-0.25, -0.2) is 8.78 Å². The monoisotopic (exact) mass is 470 g/mol. The number of carbonyl (C=O) groups excluding carboxylic acids is 1. The number of carbonyl (C=O) groups is 1. The summed E-state index contributed by atoms with van der Waals surface area (Å²) in [7, 11) is 1.23. The van der Waals surface area contributed by atoms with Gasteiger partial charge < -0.3 is 4.74 Å². The second kappa shape index (κ2) is 6.07. The van der Waals surface area contributed by atoms with Crippen LogP contribution in [0.4, 0.5) is 8.78 Å². The molecule has 1 aromatic rings. The zero-order valence-electron chi connectivity index (χ0n) is 10.1. The standard InChI is InChI=1S/C13H7Br3F2O2/c1-20-13-7(2-5(17)3-9(13)18)12(19)6-4-8(14)11(16)10(6)15/h2-3H,4H2,1H3. The predicted octanol–water partition coefficient (Wildman–Crippen LogP) is 5.21. The molecule has 0 saturated carbocycles. The Morgan fingerprint density at radius 1 is 1.20 bits per heavy atom. The van der Waals surface area contributed by atoms with Crippen molar-refractivity contribution in [2.75, 3.05) is 7.11 Å². The minimum Gasteiger partial charge on any atom is -0.493 e. The van der Waals surface area contributed by atoms with Crippen molar-refractivity contribution in [3.05, 3.63) is 48.4 Å². The van der Waals surface area contributed by atoms with E-state index in [1.807, 2.05) is 0 Å². The van der Waals surface area contributed by atoms with Gasteiger partial charge in [-0.3, -0.25) is 4.79 Å². The molecule has 0 unspecified atom stereocenters. The highest BCUT2D eigenvalue weighted by atomic mass is 79.9. The van der Waals surface area contributed by atoms with Crippen molar-refractivity contribution in [2.45, 2.75) is 6.42 Å². The molecule has 0 radical (unpaired) electrons. The number of rotatable bonds is 3. The maximum Gasteiger partial charge on any atom is 0.194 e. The van der Waals surface area contributed by atoms with Gasteiger partial charge in [0.15, 0.2) is 17.3 Å². The molecule has 0 saturated heterocycles. The summed E-state index contributed by atoms with van der Waals surface area (Å²) in [6.07, 6.45) is 0.335. The molecule has 7 heteroatoms. The summed E-state index contributed by atoms with van der Waals surface area (Å²) in [5.74, 6) is -2.48. The van der Waals surface area contributed by atoms with Gasteiger partial charge in [0.25, 0.3) is 0 Å². The van der Waals surface area contributed by atoms with Crippen LogP contribution in [0.1, 0.15) is 16.8 Å². The maximum absolute atomic E-state index is 13.6. The van der Waals surface area contributed by atoms with Crippen LogP contribution in [0.2, 0.25) is 0 Å². The summed E-state index contributed by atoms with van der Waals surface area (Å²) < 4.78 is 33.9. The van der Waals surface area contributed by atoms with Crippen molar-refractivity contribution in [1.82, 2.24) is 0 Å². The molecule has 20 heavy (non-hydrogen) atoms. The number of methoxy groups -OCH3 is 1. The molecule has 2 nitrogen and oxygen atoms in total. The molecule has 0 fully saturated rings. The topological polar surface area (TPSA) is 26.3 Å². The Hall–Kier alpha value is -0.530. The number of ketones is 1. The lowest BCUT2D eigenvalue weighted by atomic mass is 10.0. The second-order valence-corrected chi connectivity index (χ2v) is 6.53. The lowest BCUT2D eigenvalue weighted by Crippen LogP contribution is -2.07. The molecule has 0 amide bonds. The van der Waals surface area contributed by atoms with Crippen LogP contribution in [0.5, 0.6) is 5.75 Å². The first-order valence-corrected chi connectivity index (χ1v) is 7.75. The summed E-state index contributed by atoms with van der Waals surface area (Å²) in [6, 6.07) is 1.65. The molecule has 0 atom stereocenters. The van der Waals surface area contributed by atoms with Crippen LogP contribution in [-0.2, 0) is 0 Å². The first-order chi connectivity index (χ1) is 9.36. The van der Waals surface area contributed by atoms with E-state index < -0.39 is 17.4 Å². The van der Waals surface area contributed by atoms with Crippen molar-refractivity contribution >= 4 is 53.6 Å². The maximum atomic E-state index is 13.6.